The highest BCUT2D eigenvalue weighted by Gasteiger charge is 2.19. The number of hydrogen-bond donors (Lipinski definition) is 0. The summed E-state index contributed by atoms with van der Waals surface area (Å²) in [6, 6.07) is 18.0. The number of nitrogens with zero attached hydrogens (tertiary/aromatic N) is 4. The highest BCUT2D eigenvalue weighted by molar-refractivity contribution is 6.08. The third-order valence-electron chi connectivity index (χ3n) is 4.18. The normalized spacial score (nSPS) is 10.8. The van der Waals surface area contributed by atoms with Crippen molar-refractivity contribution < 1.29 is 4.79 Å². The topological polar surface area (TPSA) is 50.5 Å². The van der Waals surface area contributed by atoms with Crippen LogP contribution in [0, 0.1) is 0 Å². The fourth-order valence-corrected chi connectivity index (χ4v) is 2.79. The fraction of sp³-hybridized carbons (Fsp3) is 0.0500. The molecule has 0 unspecified atom stereocenters. The predicted octanol–water partition coefficient (Wildman–Crippen LogP) is 3.67. The Labute approximate surface area is 145 Å². The Morgan fingerprint density at radius 2 is 1.52 bits per heavy atom. The lowest BCUT2D eigenvalue weighted by molar-refractivity contribution is 0.0989. The summed E-state index contributed by atoms with van der Waals surface area (Å²) in [5.41, 5.74) is 3.95. The van der Waals surface area contributed by atoms with Gasteiger partial charge < -0.3 is 9.30 Å². The van der Waals surface area contributed by atoms with Crippen molar-refractivity contribution in [3.05, 3.63) is 85.1 Å². The molecule has 0 spiro atoms. The van der Waals surface area contributed by atoms with Crippen molar-refractivity contribution in [3.63, 3.8) is 0 Å². The van der Waals surface area contributed by atoms with Gasteiger partial charge in [-0.25, -0.2) is 9.97 Å². The van der Waals surface area contributed by atoms with Gasteiger partial charge in [-0.2, -0.15) is 0 Å². The van der Waals surface area contributed by atoms with E-state index in [0.29, 0.717) is 11.3 Å². The van der Waals surface area contributed by atoms with E-state index >= 15 is 0 Å². The summed E-state index contributed by atoms with van der Waals surface area (Å²) in [5, 5.41) is 0. The van der Waals surface area contributed by atoms with Crippen molar-refractivity contribution in [2.75, 3.05) is 11.9 Å². The third-order valence-corrected chi connectivity index (χ3v) is 4.18. The number of carbonyl (C=O) groups excluding carboxylic acids is 1. The van der Waals surface area contributed by atoms with E-state index in [-0.39, 0.29) is 5.91 Å². The van der Waals surface area contributed by atoms with Gasteiger partial charge in [0, 0.05) is 37.5 Å². The molecule has 4 aromatic rings. The summed E-state index contributed by atoms with van der Waals surface area (Å²) in [4.78, 5) is 22.8. The molecule has 0 atom stereocenters. The fourth-order valence-electron chi connectivity index (χ4n) is 2.79. The highest BCUT2D eigenvalue weighted by atomic mass is 16.2. The van der Waals surface area contributed by atoms with Gasteiger partial charge in [-0.1, -0.05) is 42.5 Å². The number of aromatic nitrogens is 3. The quantitative estimate of drug-likeness (QED) is 0.576. The molecule has 0 fully saturated rings. The van der Waals surface area contributed by atoms with E-state index in [1.807, 2.05) is 42.5 Å². The smallest absolute Gasteiger partial charge is 0.280 e. The van der Waals surface area contributed by atoms with Crippen molar-refractivity contribution in [2.24, 2.45) is 0 Å². The Bertz CT molecular complexity index is 1020. The zero-order valence-electron chi connectivity index (χ0n) is 13.7. The van der Waals surface area contributed by atoms with Gasteiger partial charge >= 0.3 is 0 Å². The molecule has 0 saturated heterocycles. The zero-order valence-corrected chi connectivity index (χ0v) is 13.7. The maximum atomic E-state index is 12.8. The molecule has 0 bridgehead atoms. The molecule has 5 nitrogen and oxygen atoms in total. The summed E-state index contributed by atoms with van der Waals surface area (Å²) in [6.45, 7) is 0. The second-order valence-corrected chi connectivity index (χ2v) is 5.71. The van der Waals surface area contributed by atoms with Gasteiger partial charge in [-0.15, -0.1) is 0 Å². The minimum atomic E-state index is -0.190. The van der Waals surface area contributed by atoms with E-state index in [1.165, 1.54) is 0 Å². The summed E-state index contributed by atoms with van der Waals surface area (Å²) in [7, 11) is 1.74. The lowest BCUT2D eigenvalue weighted by atomic mass is 10.1. The van der Waals surface area contributed by atoms with Crippen LogP contribution in [0.15, 0.2) is 79.4 Å². The molecule has 0 N–H and O–H groups in total. The third kappa shape index (κ3) is 2.76. The average Bonchev–Trinajstić information content (AvgIpc) is 3.16. The van der Waals surface area contributed by atoms with Crippen molar-refractivity contribution in [1.82, 2.24) is 14.4 Å². The molecule has 25 heavy (non-hydrogen) atoms. The largest absolute Gasteiger partial charge is 0.310 e. The molecule has 0 aliphatic carbocycles. The van der Waals surface area contributed by atoms with Crippen LogP contribution in [0.5, 0.6) is 0 Å². The summed E-state index contributed by atoms with van der Waals surface area (Å²) in [5.74, 6) is -0.190. The molecular formula is C20H16N4O. The molecule has 0 saturated carbocycles. The van der Waals surface area contributed by atoms with Crippen LogP contribution in [0.2, 0.25) is 0 Å². The van der Waals surface area contributed by atoms with E-state index < -0.39 is 0 Å². The van der Waals surface area contributed by atoms with Crippen LogP contribution in [0.4, 0.5) is 5.69 Å². The molecule has 122 valence electrons. The number of rotatable bonds is 3. The van der Waals surface area contributed by atoms with Gasteiger partial charge in [0.2, 0.25) is 0 Å². The maximum absolute atomic E-state index is 12.8. The Kier molecular flexibility index (Phi) is 3.74. The Morgan fingerprint density at radius 1 is 0.880 bits per heavy atom. The van der Waals surface area contributed by atoms with E-state index in [9.17, 15) is 4.79 Å². The number of hydrogen-bond acceptors (Lipinski definition) is 3. The second-order valence-electron chi connectivity index (χ2n) is 5.71. The van der Waals surface area contributed by atoms with E-state index in [2.05, 4.69) is 22.1 Å². The summed E-state index contributed by atoms with van der Waals surface area (Å²) >= 11 is 0. The Balaban J connectivity index is 1.63. The monoisotopic (exact) mass is 328 g/mol. The van der Waals surface area contributed by atoms with E-state index in [0.717, 1.165) is 16.8 Å². The Morgan fingerprint density at radius 3 is 2.24 bits per heavy atom. The highest BCUT2D eigenvalue weighted by Crippen LogP contribution is 2.23. The van der Waals surface area contributed by atoms with Gasteiger partial charge in [-0.3, -0.25) is 4.79 Å². The van der Waals surface area contributed by atoms with Gasteiger partial charge in [0.25, 0.3) is 5.91 Å². The molecule has 4 rings (SSSR count). The predicted molar refractivity (Wildman–Crippen MR) is 97.6 cm³/mol. The minimum Gasteiger partial charge on any atom is -0.310 e. The van der Waals surface area contributed by atoms with Gasteiger partial charge in [-0.05, 0) is 23.3 Å². The zero-order chi connectivity index (χ0) is 17.2. The minimum absolute atomic E-state index is 0.190. The van der Waals surface area contributed by atoms with Gasteiger partial charge in [0.05, 0.1) is 0 Å². The molecule has 0 radical (unpaired) electrons. The first-order chi connectivity index (χ1) is 12.2. The number of anilines is 1. The molecule has 2 aromatic heterocycles. The van der Waals surface area contributed by atoms with Crippen LogP contribution in [-0.4, -0.2) is 27.3 Å². The van der Waals surface area contributed by atoms with Crippen LogP contribution < -0.4 is 4.90 Å². The van der Waals surface area contributed by atoms with Crippen molar-refractivity contribution in [2.45, 2.75) is 0 Å². The first-order valence-electron chi connectivity index (χ1n) is 7.95. The molecular weight excluding hydrogens is 312 g/mol. The van der Waals surface area contributed by atoms with E-state index in [1.54, 1.807) is 41.1 Å². The first-order valence-corrected chi connectivity index (χ1v) is 7.95. The summed E-state index contributed by atoms with van der Waals surface area (Å²) in [6.07, 6.45) is 6.83. The lowest BCUT2D eigenvalue weighted by Gasteiger charge is -2.17. The number of benzene rings is 2. The molecule has 0 aliphatic heterocycles. The van der Waals surface area contributed by atoms with Crippen molar-refractivity contribution in [1.29, 1.82) is 0 Å². The SMILES string of the molecule is CN(C(=O)c1nccn2ccnc12)c1ccc(-c2ccccc2)cc1. The van der Waals surface area contributed by atoms with Crippen molar-refractivity contribution in [3.8, 4) is 11.1 Å². The van der Waals surface area contributed by atoms with E-state index in [4.69, 9.17) is 0 Å². The lowest BCUT2D eigenvalue weighted by Crippen LogP contribution is -2.27. The van der Waals surface area contributed by atoms with Crippen LogP contribution in [0.3, 0.4) is 0 Å². The van der Waals surface area contributed by atoms with Gasteiger partial charge in [0.1, 0.15) is 0 Å². The number of carbonyl (C=O) groups is 1. The molecule has 1 amide bonds. The average molecular weight is 328 g/mol. The van der Waals surface area contributed by atoms with Crippen LogP contribution in [0.25, 0.3) is 16.8 Å². The van der Waals surface area contributed by atoms with Crippen LogP contribution in [0.1, 0.15) is 10.5 Å². The van der Waals surface area contributed by atoms with Crippen LogP contribution >= 0.6 is 0 Å². The van der Waals surface area contributed by atoms with Gasteiger partial charge in [0.15, 0.2) is 11.3 Å². The summed E-state index contributed by atoms with van der Waals surface area (Å²) < 4.78 is 1.78. The maximum Gasteiger partial charge on any atom is 0.280 e. The molecule has 2 aromatic carbocycles. The number of imidazole rings is 1. The first kappa shape index (κ1) is 15.1. The molecule has 5 heteroatoms. The Hall–Kier alpha value is -3.47. The van der Waals surface area contributed by atoms with Crippen LogP contribution in [-0.2, 0) is 0 Å². The van der Waals surface area contributed by atoms with Crippen molar-refractivity contribution >= 4 is 17.2 Å². The second kappa shape index (κ2) is 6.20. The molecule has 2 heterocycles. The standard InChI is InChI=1S/C20H16N4O/c1-23(20(25)18-19-22-12-14-24(19)13-11-21-18)17-9-7-16(8-10-17)15-5-3-2-4-6-15/h2-14H,1H3. The molecule has 0 aliphatic rings. The number of amides is 1. The number of fused-ring (bicyclic) bond motifs is 1.